The lowest BCUT2D eigenvalue weighted by Gasteiger charge is -2.31. The largest absolute Gasteiger partial charge is 0.328 e. The van der Waals surface area contributed by atoms with Gasteiger partial charge in [-0.3, -0.25) is 24.5 Å². The van der Waals surface area contributed by atoms with E-state index in [1.807, 2.05) is 32.0 Å². The van der Waals surface area contributed by atoms with Crippen LogP contribution in [0.5, 0.6) is 0 Å². The molecular formula is C23H32N4O5. The number of urea groups is 1. The fourth-order valence-electron chi connectivity index (χ4n) is 4.45. The molecule has 0 spiro atoms. The van der Waals surface area contributed by atoms with Gasteiger partial charge in [0.25, 0.3) is 11.8 Å². The van der Waals surface area contributed by atoms with Gasteiger partial charge in [0.15, 0.2) is 0 Å². The van der Waals surface area contributed by atoms with E-state index >= 15 is 0 Å². The van der Waals surface area contributed by atoms with Crippen molar-refractivity contribution in [3.8, 4) is 0 Å². The van der Waals surface area contributed by atoms with Crippen molar-refractivity contribution in [2.24, 2.45) is 5.41 Å². The van der Waals surface area contributed by atoms with Gasteiger partial charge in [0, 0.05) is 19.0 Å². The van der Waals surface area contributed by atoms with Crippen LogP contribution in [0.25, 0.3) is 0 Å². The molecule has 5 amide bonds. The number of carbonyl (C=O) groups is 4. The number of carbonyl (C=O) groups excluding carboxylic acids is 4. The van der Waals surface area contributed by atoms with Crippen LogP contribution < -0.4 is 5.48 Å². The number of likely N-dealkylation sites (N-methyl/N-ethyl adjacent to an activating group) is 1. The number of aryl methyl sites for hydroxylation is 2. The molecule has 0 radical (unpaired) electrons. The minimum Gasteiger partial charge on any atom is -0.328 e. The van der Waals surface area contributed by atoms with Crippen molar-refractivity contribution in [3.05, 3.63) is 35.4 Å². The first-order valence-electron chi connectivity index (χ1n) is 10.8. The molecule has 9 nitrogen and oxygen atoms in total. The second kappa shape index (κ2) is 8.54. The Bertz CT molecular complexity index is 946. The van der Waals surface area contributed by atoms with Crippen LogP contribution in [0.1, 0.15) is 44.7 Å². The van der Waals surface area contributed by atoms with Crippen LogP contribution in [0, 0.1) is 12.3 Å². The summed E-state index contributed by atoms with van der Waals surface area (Å²) in [4.78, 5) is 54.9. The Morgan fingerprint density at radius 2 is 1.88 bits per heavy atom. The number of hydrogen-bond acceptors (Lipinski definition) is 5. The third kappa shape index (κ3) is 4.09. The first-order chi connectivity index (χ1) is 14.9. The predicted molar refractivity (Wildman–Crippen MR) is 117 cm³/mol. The number of hydroxylamine groups is 1. The van der Waals surface area contributed by atoms with Crippen molar-refractivity contribution in [2.75, 3.05) is 20.1 Å². The highest BCUT2D eigenvalue weighted by atomic mass is 16.5. The number of benzene rings is 1. The molecule has 1 aromatic carbocycles. The van der Waals surface area contributed by atoms with Crippen LogP contribution in [-0.2, 0) is 20.8 Å². The van der Waals surface area contributed by atoms with Gasteiger partial charge < -0.3 is 9.80 Å². The molecule has 0 aromatic heterocycles. The molecule has 2 saturated heterocycles. The first-order valence-corrected chi connectivity index (χ1v) is 10.8. The summed E-state index contributed by atoms with van der Waals surface area (Å²) in [5, 5.41) is 9.28. The number of hydrogen-bond donors (Lipinski definition) is 2. The van der Waals surface area contributed by atoms with Crippen molar-refractivity contribution in [3.63, 3.8) is 0 Å². The molecule has 2 N–H and O–H groups in total. The van der Waals surface area contributed by atoms with Crippen molar-refractivity contribution in [1.29, 1.82) is 0 Å². The van der Waals surface area contributed by atoms with E-state index in [-0.39, 0.29) is 12.5 Å². The lowest BCUT2D eigenvalue weighted by atomic mass is 9.82. The zero-order chi connectivity index (χ0) is 23.8. The number of nitrogens with zero attached hydrogens (tertiary/aromatic N) is 3. The van der Waals surface area contributed by atoms with E-state index in [2.05, 4.69) is 6.07 Å². The minimum atomic E-state index is -1.16. The van der Waals surface area contributed by atoms with Gasteiger partial charge in [-0.1, -0.05) is 36.8 Å². The maximum Gasteiger partial charge on any atom is 0.327 e. The summed E-state index contributed by atoms with van der Waals surface area (Å²) in [7, 11) is 1.52. The van der Waals surface area contributed by atoms with Crippen LogP contribution in [0.3, 0.4) is 0 Å². The molecule has 0 bridgehead atoms. The van der Waals surface area contributed by atoms with E-state index < -0.39 is 34.8 Å². The summed E-state index contributed by atoms with van der Waals surface area (Å²) in [5.74, 6) is -1.49. The normalized spacial score (nSPS) is 23.8. The number of imide groups is 1. The number of nitrogens with one attached hydrogen (secondary N) is 1. The summed E-state index contributed by atoms with van der Waals surface area (Å²) in [6.07, 6.45) is 1.87. The molecule has 174 valence electrons. The highest BCUT2D eigenvalue weighted by molar-refractivity contribution is 6.07. The molecule has 2 unspecified atom stereocenters. The maximum atomic E-state index is 13.4. The smallest absolute Gasteiger partial charge is 0.327 e. The second-order valence-electron chi connectivity index (χ2n) is 9.61. The SMILES string of the molecule is Cc1cccc(CCC2(C)CCN(C(CN3C(=O)N(C)C(C)(C)C3=O)C(=O)NO)C2=O)c1. The highest BCUT2D eigenvalue weighted by Crippen LogP contribution is 2.37. The average Bonchev–Trinajstić information content (AvgIpc) is 3.12. The number of rotatable bonds is 7. The zero-order valence-corrected chi connectivity index (χ0v) is 19.3. The molecule has 2 aliphatic rings. The minimum absolute atomic E-state index is 0.217. The molecule has 2 heterocycles. The van der Waals surface area contributed by atoms with E-state index in [1.54, 1.807) is 19.3 Å². The van der Waals surface area contributed by atoms with E-state index in [1.165, 1.54) is 16.8 Å². The van der Waals surface area contributed by atoms with Gasteiger partial charge in [0.1, 0.15) is 11.6 Å². The Kier molecular flexibility index (Phi) is 6.33. The van der Waals surface area contributed by atoms with E-state index in [0.29, 0.717) is 19.4 Å². The fourth-order valence-corrected chi connectivity index (χ4v) is 4.45. The quantitative estimate of drug-likeness (QED) is 0.378. The molecule has 3 rings (SSSR count). The summed E-state index contributed by atoms with van der Waals surface area (Å²) in [6.45, 7) is 7.14. The Morgan fingerprint density at radius 1 is 1.19 bits per heavy atom. The predicted octanol–water partition coefficient (Wildman–Crippen LogP) is 1.71. The van der Waals surface area contributed by atoms with Gasteiger partial charge in [-0.25, -0.2) is 10.3 Å². The van der Waals surface area contributed by atoms with Gasteiger partial charge in [0.05, 0.1) is 6.54 Å². The molecule has 1 aromatic rings. The van der Waals surface area contributed by atoms with Crippen LogP contribution >= 0.6 is 0 Å². The van der Waals surface area contributed by atoms with Crippen molar-refractivity contribution >= 4 is 23.8 Å². The molecule has 0 aliphatic carbocycles. The molecule has 2 atom stereocenters. The molecule has 9 heteroatoms. The van der Waals surface area contributed by atoms with Crippen LogP contribution in [0.15, 0.2) is 24.3 Å². The van der Waals surface area contributed by atoms with Crippen LogP contribution in [-0.4, -0.2) is 75.4 Å². The van der Waals surface area contributed by atoms with Crippen LogP contribution in [0.4, 0.5) is 4.79 Å². The summed E-state index contributed by atoms with van der Waals surface area (Å²) >= 11 is 0. The van der Waals surface area contributed by atoms with Gasteiger partial charge in [-0.2, -0.15) is 0 Å². The standard InChI is InChI=1S/C23H32N4O5/c1-15-7-6-8-16(13-15)9-10-23(4)11-12-26(20(23)30)17(18(28)24-32)14-27-19(29)22(2,3)25(5)21(27)31/h6-8,13,17,32H,9-12,14H2,1-5H3,(H,24,28). The van der Waals surface area contributed by atoms with Crippen LogP contribution in [0.2, 0.25) is 0 Å². The van der Waals surface area contributed by atoms with Crippen molar-refractivity contribution in [1.82, 2.24) is 20.2 Å². The molecular weight excluding hydrogens is 412 g/mol. The molecule has 0 saturated carbocycles. The summed E-state index contributed by atoms with van der Waals surface area (Å²) in [5.41, 5.74) is 2.16. The van der Waals surface area contributed by atoms with Gasteiger partial charge >= 0.3 is 6.03 Å². The summed E-state index contributed by atoms with van der Waals surface area (Å²) in [6, 6.07) is 6.42. The van der Waals surface area contributed by atoms with Gasteiger partial charge in [-0.15, -0.1) is 0 Å². The molecule has 32 heavy (non-hydrogen) atoms. The first kappa shape index (κ1) is 23.7. The molecule has 2 aliphatic heterocycles. The number of likely N-dealkylation sites (tertiary alicyclic amines) is 1. The Balaban J connectivity index is 1.77. The Labute approximate surface area is 188 Å². The van der Waals surface area contributed by atoms with E-state index in [9.17, 15) is 24.4 Å². The molecule has 2 fully saturated rings. The maximum absolute atomic E-state index is 13.4. The summed E-state index contributed by atoms with van der Waals surface area (Å²) < 4.78 is 0. The lowest BCUT2D eigenvalue weighted by Crippen LogP contribution is -2.55. The third-order valence-corrected chi connectivity index (χ3v) is 7.00. The Morgan fingerprint density at radius 3 is 2.44 bits per heavy atom. The van der Waals surface area contributed by atoms with E-state index in [4.69, 9.17) is 0 Å². The van der Waals surface area contributed by atoms with Crippen molar-refractivity contribution < 1.29 is 24.4 Å². The zero-order valence-electron chi connectivity index (χ0n) is 19.3. The van der Waals surface area contributed by atoms with Gasteiger partial charge in [0.2, 0.25) is 5.91 Å². The van der Waals surface area contributed by atoms with E-state index in [0.717, 1.165) is 22.4 Å². The highest BCUT2D eigenvalue weighted by Gasteiger charge is 2.52. The average molecular weight is 445 g/mol. The topological polar surface area (TPSA) is 110 Å². The van der Waals surface area contributed by atoms with Crippen molar-refractivity contribution in [2.45, 2.75) is 58.5 Å². The number of amides is 5. The lowest BCUT2D eigenvalue weighted by molar-refractivity contribution is -0.147. The third-order valence-electron chi connectivity index (χ3n) is 7.00. The monoisotopic (exact) mass is 444 g/mol. The van der Waals surface area contributed by atoms with Gasteiger partial charge in [-0.05, 0) is 45.6 Å². The fraction of sp³-hybridized carbons (Fsp3) is 0.565. The second-order valence-corrected chi connectivity index (χ2v) is 9.61. The Hall–Kier alpha value is -2.94.